The molecular weight excluding hydrogens is 356 g/mol. The summed E-state index contributed by atoms with van der Waals surface area (Å²) in [5.74, 6) is 1.98. The minimum atomic E-state index is -3.26. The maximum Gasteiger partial charge on any atom is 0.215 e. The molecule has 1 aromatic rings. The van der Waals surface area contributed by atoms with Gasteiger partial charge >= 0.3 is 0 Å². The van der Waals surface area contributed by atoms with Crippen molar-refractivity contribution in [3.8, 4) is 0 Å². The van der Waals surface area contributed by atoms with E-state index in [2.05, 4.69) is 27.3 Å². The highest BCUT2D eigenvalue weighted by Crippen LogP contribution is 2.36. The van der Waals surface area contributed by atoms with Crippen LogP contribution in [0.25, 0.3) is 0 Å². The lowest BCUT2D eigenvalue weighted by atomic mass is 10.1. The van der Waals surface area contributed by atoms with Crippen LogP contribution in [0, 0.1) is 0 Å². The van der Waals surface area contributed by atoms with Gasteiger partial charge in [0, 0.05) is 24.9 Å². The van der Waals surface area contributed by atoms with Crippen LogP contribution in [0.1, 0.15) is 30.9 Å². The molecule has 0 saturated carbocycles. The van der Waals surface area contributed by atoms with Gasteiger partial charge in [-0.05, 0) is 43.7 Å². The maximum atomic E-state index is 11.7. The third kappa shape index (κ3) is 6.52. The van der Waals surface area contributed by atoms with Crippen molar-refractivity contribution in [1.29, 1.82) is 0 Å². The largest absolute Gasteiger partial charge is 0.355 e. The van der Waals surface area contributed by atoms with Crippen molar-refractivity contribution >= 4 is 27.7 Å². The average molecular weight is 385 g/mol. The molecule has 1 heterocycles. The van der Waals surface area contributed by atoms with Gasteiger partial charge in [-0.1, -0.05) is 24.3 Å². The molecule has 0 aliphatic carbocycles. The van der Waals surface area contributed by atoms with E-state index in [0.717, 1.165) is 23.6 Å². The van der Waals surface area contributed by atoms with Gasteiger partial charge in [-0.25, -0.2) is 13.1 Å². The molecule has 1 saturated heterocycles. The van der Waals surface area contributed by atoms with Gasteiger partial charge in [0.05, 0.1) is 5.75 Å². The molecule has 1 aromatic carbocycles. The Labute approximate surface area is 155 Å². The van der Waals surface area contributed by atoms with E-state index < -0.39 is 10.0 Å². The molecule has 0 amide bonds. The summed E-state index contributed by atoms with van der Waals surface area (Å²) in [5, 5.41) is 6.69. The van der Waals surface area contributed by atoms with Gasteiger partial charge in [-0.2, -0.15) is 11.8 Å². The van der Waals surface area contributed by atoms with Crippen molar-refractivity contribution < 1.29 is 8.42 Å². The van der Waals surface area contributed by atoms with Crippen LogP contribution in [-0.2, 0) is 22.3 Å². The lowest BCUT2D eigenvalue weighted by Crippen LogP contribution is -2.43. The molecule has 0 radical (unpaired) electrons. The zero-order chi connectivity index (χ0) is 18.3. The molecule has 6 nitrogen and oxygen atoms in total. The number of benzene rings is 1. The van der Waals surface area contributed by atoms with Crippen molar-refractivity contribution in [2.24, 2.45) is 4.99 Å². The van der Waals surface area contributed by atoms with Crippen molar-refractivity contribution in [1.82, 2.24) is 15.4 Å². The minimum absolute atomic E-state index is 0.0140. The van der Waals surface area contributed by atoms with E-state index in [1.54, 1.807) is 7.05 Å². The predicted molar refractivity (Wildman–Crippen MR) is 106 cm³/mol. The lowest BCUT2D eigenvalue weighted by molar-refractivity contribution is 0.584. The quantitative estimate of drug-likeness (QED) is 0.492. The fraction of sp³-hybridized carbons (Fsp3) is 0.588. The number of aliphatic imine (C=N–C) groups is 1. The number of nitrogens with zero attached hydrogens (tertiary/aromatic N) is 1. The fourth-order valence-electron chi connectivity index (χ4n) is 2.77. The number of guanidine groups is 1. The average Bonchev–Trinajstić information content (AvgIpc) is 3.02. The summed E-state index contributed by atoms with van der Waals surface area (Å²) < 4.78 is 26.0. The lowest BCUT2D eigenvalue weighted by Gasteiger charge is -2.24. The summed E-state index contributed by atoms with van der Waals surface area (Å²) in [4.78, 5) is 4.27. The van der Waals surface area contributed by atoms with E-state index in [9.17, 15) is 8.42 Å². The van der Waals surface area contributed by atoms with E-state index in [4.69, 9.17) is 0 Å². The van der Waals surface area contributed by atoms with E-state index in [1.807, 2.05) is 36.0 Å². The summed E-state index contributed by atoms with van der Waals surface area (Å²) in [5.41, 5.74) is 1.79. The molecule has 1 aliphatic heterocycles. The Bertz CT molecular complexity index is 698. The first-order chi connectivity index (χ1) is 11.9. The molecule has 0 spiro atoms. The molecule has 140 valence electrons. The van der Waals surface area contributed by atoms with Crippen LogP contribution in [0.4, 0.5) is 0 Å². The summed E-state index contributed by atoms with van der Waals surface area (Å²) in [6.07, 6.45) is 2.50. The number of thioether (sulfide) groups is 1. The number of hydrogen-bond donors (Lipinski definition) is 3. The van der Waals surface area contributed by atoms with Gasteiger partial charge in [0.2, 0.25) is 10.0 Å². The standard InChI is InChI=1S/C17H28N4O2S2/c1-17(8-5-9-24-17)13-21-16(18-2)20-11-14-6-4-7-15(10-14)12-25(22,23)19-3/h4,6-7,10,19H,5,8-9,11-13H2,1-3H3,(H2,18,20,21). The normalized spacial score (nSPS) is 21.3. The van der Waals surface area contributed by atoms with Gasteiger partial charge in [-0.3, -0.25) is 4.99 Å². The summed E-state index contributed by atoms with van der Waals surface area (Å²) in [7, 11) is -0.0696. The van der Waals surface area contributed by atoms with E-state index in [-0.39, 0.29) is 10.5 Å². The van der Waals surface area contributed by atoms with Crippen LogP contribution in [0.15, 0.2) is 29.3 Å². The highest BCUT2D eigenvalue weighted by atomic mass is 32.2. The molecule has 0 aromatic heterocycles. The van der Waals surface area contributed by atoms with Gasteiger partial charge < -0.3 is 10.6 Å². The van der Waals surface area contributed by atoms with Gasteiger partial charge in [0.1, 0.15) is 0 Å². The van der Waals surface area contributed by atoms with Crippen molar-refractivity contribution in [3.63, 3.8) is 0 Å². The molecule has 2 rings (SSSR count). The highest BCUT2D eigenvalue weighted by molar-refractivity contribution is 8.00. The van der Waals surface area contributed by atoms with Gasteiger partial charge in [0.15, 0.2) is 5.96 Å². The molecule has 1 aliphatic rings. The minimum Gasteiger partial charge on any atom is -0.355 e. The SMILES string of the molecule is CN=C(NCc1cccc(CS(=O)(=O)NC)c1)NCC1(C)CCCS1. The monoisotopic (exact) mass is 384 g/mol. The molecule has 1 fully saturated rings. The van der Waals surface area contributed by atoms with Crippen LogP contribution in [0.2, 0.25) is 0 Å². The molecule has 25 heavy (non-hydrogen) atoms. The first kappa shape index (κ1) is 20.1. The predicted octanol–water partition coefficient (Wildman–Crippen LogP) is 1.69. The molecule has 1 unspecified atom stereocenters. The second-order valence-electron chi connectivity index (χ2n) is 6.46. The van der Waals surface area contributed by atoms with E-state index in [0.29, 0.717) is 6.54 Å². The fourth-order valence-corrected chi connectivity index (χ4v) is 4.78. The van der Waals surface area contributed by atoms with E-state index in [1.165, 1.54) is 25.6 Å². The van der Waals surface area contributed by atoms with Crippen molar-refractivity contribution in [2.45, 2.75) is 36.8 Å². The maximum absolute atomic E-state index is 11.7. The van der Waals surface area contributed by atoms with Crippen LogP contribution in [0.5, 0.6) is 0 Å². The number of nitrogens with one attached hydrogen (secondary N) is 3. The summed E-state index contributed by atoms with van der Waals surface area (Å²) in [6, 6.07) is 7.58. The third-order valence-corrected chi connectivity index (χ3v) is 7.15. The Morgan fingerprint density at radius 1 is 1.32 bits per heavy atom. The third-order valence-electron chi connectivity index (χ3n) is 4.27. The van der Waals surface area contributed by atoms with Crippen LogP contribution >= 0.6 is 11.8 Å². The number of sulfonamides is 1. The first-order valence-electron chi connectivity index (χ1n) is 8.43. The topological polar surface area (TPSA) is 82.6 Å². The second-order valence-corrected chi connectivity index (χ2v) is 10.1. The Morgan fingerprint density at radius 3 is 2.72 bits per heavy atom. The Hall–Kier alpha value is -1.25. The Morgan fingerprint density at radius 2 is 2.08 bits per heavy atom. The van der Waals surface area contributed by atoms with Crippen LogP contribution in [0.3, 0.4) is 0 Å². The number of rotatable bonds is 7. The van der Waals surface area contributed by atoms with Crippen molar-refractivity contribution in [3.05, 3.63) is 35.4 Å². The molecule has 3 N–H and O–H groups in total. The van der Waals surface area contributed by atoms with Gasteiger partial charge in [-0.15, -0.1) is 0 Å². The number of hydrogen-bond acceptors (Lipinski definition) is 4. The molecule has 1 atom stereocenters. The molecule has 0 bridgehead atoms. The zero-order valence-electron chi connectivity index (χ0n) is 15.1. The Balaban J connectivity index is 1.88. The summed E-state index contributed by atoms with van der Waals surface area (Å²) >= 11 is 2.01. The van der Waals surface area contributed by atoms with Crippen LogP contribution in [-0.4, -0.2) is 45.5 Å². The smallest absolute Gasteiger partial charge is 0.215 e. The molecular formula is C17H28N4O2S2. The Kier molecular flexibility index (Phi) is 7.15. The molecule has 8 heteroatoms. The van der Waals surface area contributed by atoms with Crippen molar-refractivity contribution in [2.75, 3.05) is 26.4 Å². The van der Waals surface area contributed by atoms with E-state index >= 15 is 0 Å². The zero-order valence-corrected chi connectivity index (χ0v) is 16.8. The second kappa shape index (κ2) is 8.91. The summed E-state index contributed by atoms with van der Waals surface area (Å²) in [6.45, 7) is 3.77. The van der Waals surface area contributed by atoms with Crippen LogP contribution < -0.4 is 15.4 Å². The van der Waals surface area contributed by atoms with Gasteiger partial charge in [0.25, 0.3) is 0 Å². The highest BCUT2D eigenvalue weighted by Gasteiger charge is 2.29. The first-order valence-corrected chi connectivity index (χ1v) is 11.1.